The molecule has 0 saturated heterocycles. The fourth-order valence-corrected chi connectivity index (χ4v) is 2.51. The van der Waals surface area contributed by atoms with Crippen LogP contribution in [-0.2, 0) is 0 Å². The highest BCUT2D eigenvalue weighted by Gasteiger charge is 2.38. The number of nitrogens with one attached hydrogen (secondary N) is 1. The predicted molar refractivity (Wildman–Crippen MR) is 64.1 cm³/mol. The number of aliphatic hydroxyl groups excluding tert-OH is 1. The molecule has 1 rings (SSSR count). The Labute approximate surface area is 93.9 Å². The number of aliphatic hydroxyl groups is 1. The van der Waals surface area contributed by atoms with Crippen molar-refractivity contribution in [2.45, 2.75) is 50.6 Å². The number of unbranched alkanes of at least 4 members (excludes halogenated alkanes) is 1. The van der Waals surface area contributed by atoms with Gasteiger partial charge in [0.2, 0.25) is 0 Å². The molecule has 0 aromatic rings. The van der Waals surface area contributed by atoms with Gasteiger partial charge < -0.3 is 15.3 Å². The van der Waals surface area contributed by atoms with Gasteiger partial charge >= 0.3 is 0 Å². The maximum atomic E-state index is 9.41. The minimum Gasteiger partial charge on any atom is -0.394 e. The maximum Gasteiger partial charge on any atom is 0.0613 e. The first-order valence-corrected chi connectivity index (χ1v) is 6.17. The lowest BCUT2D eigenvalue weighted by Crippen LogP contribution is -2.45. The summed E-state index contributed by atoms with van der Waals surface area (Å²) >= 11 is 0. The Bertz CT molecular complexity index is 180. The minimum atomic E-state index is -0.00879. The van der Waals surface area contributed by atoms with Gasteiger partial charge in [-0.15, -0.1) is 0 Å². The molecule has 2 unspecified atom stereocenters. The van der Waals surface area contributed by atoms with Gasteiger partial charge in [-0.1, -0.05) is 13.3 Å². The van der Waals surface area contributed by atoms with Crippen LogP contribution in [0.1, 0.15) is 39.0 Å². The van der Waals surface area contributed by atoms with Crippen LogP contribution in [0.3, 0.4) is 0 Å². The van der Waals surface area contributed by atoms with E-state index in [1.54, 1.807) is 0 Å². The van der Waals surface area contributed by atoms with Gasteiger partial charge in [-0.3, -0.25) is 0 Å². The number of likely N-dealkylation sites (N-methyl/N-ethyl adjacent to an activating group) is 1. The Hall–Kier alpha value is -0.120. The Balaban J connectivity index is 2.40. The first-order chi connectivity index (χ1) is 7.17. The molecule has 0 aromatic carbocycles. The summed E-state index contributed by atoms with van der Waals surface area (Å²) < 4.78 is 0. The molecule has 0 bridgehead atoms. The van der Waals surface area contributed by atoms with Crippen molar-refractivity contribution in [3.8, 4) is 0 Å². The monoisotopic (exact) mass is 214 g/mol. The van der Waals surface area contributed by atoms with E-state index in [1.807, 2.05) is 7.05 Å². The summed E-state index contributed by atoms with van der Waals surface area (Å²) in [7, 11) is 4.17. The SMILES string of the molecule is CCCCN(C)C1CCC(CO)(NC)C1. The Morgan fingerprint density at radius 1 is 1.53 bits per heavy atom. The van der Waals surface area contributed by atoms with Crippen LogP contribution >= 0.6 is 0 Å². The molecule has 0 radical (unpaired) electrons. The summed E-state index contributed by atoms with van der Waals surface area (Å²) in [5, 5.41) is 12.7. The lowest BCUT2D eigenvalue weighted by atomic mass is 9.99. The Kier molecular flexibility index (Phi) is 5.03. The van der Waals surface area contributed by atoms with Crippen molar-refractivity contribution < 1.29 is 5.11 Å². The molecule has 0 spiro atoms. The van der Waals surface area contributed by atoms with Crippen LogP contribution < -0.4 is 5.32 Å². The third-order valence-electron chi connectivity index (χ3n) is 3.90. The molecule has 0 heterocycles. The third-order valence-corrected chi connectivity index (χ3v) is 3.90. The van der Waals surface area contributed by atoms with E-state index in [2.05, 4.69) is 24.2 Å². The quantitative estimate of drug-likeness (QED) is 0.698. The van der Waals surface area contributed by atoms with Crippen molar-refractivity contribution in [1.29, 1.82) is 0 Å². The van der Waals surface area contributed by atoms with Gasteiger partial charge in [-0.2, -0.15) is 0 Å². The van der Waals surface area contributed by atoms with Crippen molar-refractivity contribution in [1.82, 2.24) is 10.2 Å². The van der Waals surface area contributed by atoms with E-state index in [0.717, 1.165) is 12.8 Å². The highest BCUT2D eigenvalue weighted by molar-refractivity contribution is 4.98. The number of hydrogen-bond acceptors (Lipinski definition) is 3. The molecule has 1 aliphatic carbocycles. The topological polar surface area (TPSA) is 35.5 Å². The molecule has 1 saturated carbocycles. The van der Waals surface area contributed by atoms with Crippen molar-refractivity contribution in [3.05, 3.63) is 0 Å². The summed E-state index contributed by atoms with van der Waals surface area (Å²) in [6.45, 7) is 3.68. The van der Waals surface area contributed by atoms with Crippen LogP contribution in [0.5, 0.6) is 0 Å². The molecule has 2 atom stereocenters. The van der Waals surface area contributed by atoms with Crippen LogP contribution in [0.25, 0.3) is 0 Å². The van der Waals surface area contributed by atoms with Crippen molar-refractivity contribution in [2.24, 2.45) is 0 Å². The molecule has 0 aliphatic heterocycles. The number of hydrogen-bond donors (Lipinski definition) is 2. The van der Waals surface area contributed by atoms with Crippen molar-refractivity contribution in [3.63, 3.8) is 0 Å². The first-order valence-electron chi connectivity index (χ1n) is 6.17. The molecule has 90 valence electrons. The summed E-state index contributed by atoms with van der Waals surface area (Å²) in [6, 6.07) is 0.649. The van der Waals surface area contributed by atoms with Gasteiger partial charge in [0.05, 0.1) is 6.61 Å². The van der Waals surface area contributed by atoms with Crippen LogP contribution in [-0.4, -0.2) is 48.8 Å². The standard InChI is InChI=1S/C12H26N2O/c1-4-5-8-14(3)11-6-7-12(9-11,10-15)13-2/h11,13,15H,4-10H2,1-3H3. The molecule has 2 N–H and O–H groups in total. The molecule has 3 nitrogen and oxygen atoms in total. The van der Waals surface area contributed by atoms with Crippen molar-refractivity contribution in [2.75, 3.05) is 27.2 Å². The molecular formula is C12H26N2O. The zero-order valence-electron chi connectivity index (χ0n) is 10.4. The van der Waals surface area contributed by atoms with Gasteiger partial charge in [0.15, 0.2) is 0 Å². The van der Waals surface area contributed by atoms with Gasteiger partial charge in [0.25, 0.3) is 0 Å². The van der Waals surface area contributed by atoms with Crippen molar-refractivity contribution >= 4 is 0 Å². The predicted octanol–water partition coefficient (Wildman–Crippen LogP) is 1.22. The molecule has 0 aromatic heterocycles. The number of nitrogens with zero attached hydrogens (tertiary/aromatic N) is 1. The molecule has 1 aliphatic rings. The lowest BCUT2D eigenvalue weighted by molar-refractivity contribution is 0.157. The summed E-state index contributed by atoms with van der Waals surface area (Å²) in [5.41, 5.74) is -0.00879. The summed E-state index contributed by atoms with van der Waals surface area (Å²) in [6.07, 6.45) is 5.93. The molecular weight excluding hydrogens is 188 g/mol. The van der Waals surface area contributed by atoms with Gasteiger partial charge in [0.1, 0.15) is 0 Å². The average molecular weight is 214 g/mol. The van der Waals surface area contributed by atoms with Crippen LogP contribution in [0.2, 0.25) is 0 Å². The second-order valence-electron chi connectivity index (χ2n) is 4.92. The Morgan fingerprint density at radius 2 is 2.27 bits per heavy atom. The summed E-state index contributed by atoms with van der Waals surface area (Å²) in [4.78, 5) is 2.46. The highest BCUT2D eigenvalue weighted by atomic mass is 16.3. The fraction of sp³-hybridized carbons (Fsp3) is 1.00. The van der Waals surface area contributed by atoms with Crippen LogP contribution in [0.4, 0.5) is 0 Å². The van der Waals surface area contributed by atoms with E-state index in [0.29, 0.717) is 6.04 Å². The van der Waals surface area contributed by atoms with Gasteiger partial charge in [-0.05, 0) is 46.3 Å². The lowest BCUT2D eigenvalue weighted by Gasteiger charge is -2.29. The Morgan fingerprint density at radius 3 is 2.73 bits per heavy atom. The van der Waals surface area contributed by atoms with E-state index in [9.17, 15) is 5.11 Å². The highest BCUT2D eigenvalue weighted by Crippen LogP contribution is 2.32. The van der Waals surface area contributed by atoms with Gasteiger partial charge in [0, 0.05) is 11.6 Å². The smallest absolute Gasteiger partial charge is 0.0613 e. The molecule has 3 heteroatoms. The van der Waals surface area contributed by atoms with Gasteiger partial charge in [-0.25, -0.2) is 0 Å². The number of rotatable bonds is 6. The third kappa shape index (κ3) is 3.16. The van der Waals surface area contributed by atoms with E-state index in [-0.39, 0.29) is 12.1 Å². The molecule has 15 heavy (non-hydrogen) atoms. The van der Waals surface area contributed by atoms with Crippen LogP contribution in [0.15, 0.2) is 0 Å². The largest absolute Gasteiger partial charge is 0.394 e. The van der Waals surface area contributed by atoms with E-state index in [4.69, 9.17) is 0 Å². The van der Waals surface area contributed by atoms with Crippen LogP contribution in [0, 0.1) is 0 Å². The zero-order valence-corrected chi connectivity index (χ0v) is 10.4. The minimum absolute atomic E-state index is 0.00879. The second-order valence-corrected chi connectivity index (χ2v) is 4.92. The summed E-state index contributed by atoms with van der Waals surface area (Å²) in [5.74, 6) is 0. The molecule has 1 fully saturated rings. The normalized spacial score (nSPS) is 31.4. The van der Waals surface area contributed by atoms with E-state index in [1.165, 1.54) is 25.8 Å². The zero-order chi connectivity index (χ0) is 11.3. The average Bonchev–Trinajstić information content (AvgIpc) is 2.71. The maximum absolute atomic E-state index is 9.41. The first kappa shape index (κ1) is 12.9. The fourth-order valence-electron chi connectivity index (χ4n) is 2.51. The van der Waals surface area contributed by atoms with E-state index < -0.39 is 0 Å². The second kappa shape index (κ2) is 5.83. The molecule has 0 amide bonds. The van der Waals surface area contributed by atoms with E-state index >= 15 is 0 Å².